The van der Waals surface area contributed by atoms with Gasteiger partial charge in [0.15, 0.2) is 17.3 Å². The first kappa shape index (κ1) is 24.0. The molecule has 0 amide bonds. The lowest BCUT2D eigenvalue weighted by molar-refractivity contribution is 0.0733. The van der Waals surface area contributed by atoms with Crippen molar-refractivity contribution in [1.29, 1.82) is 0 Å². The summed E-state index contributed by atoms with van der Waals surface area (Å²) in [5, 5.41) is 0. The smallest absolute Gasteiger partial charge is 0.343 e. The Balaban J connectivity index is 1.37. The second kappa shape index (κ2) is 9.73. The van der Waals surface area contributed by atoms with Crippen LogP contribution in [-0.2, 0) is 0 Å². The Kier molecular flexibility index (Phi) is 6.31. The molecule has 0 aliphatic carbocycles. The molecule has 2 heterocycles. The highest BCUT2D eigenvalue weighted by atomic mass is 16.5. The largest absolute Gasteiger partial charge is 0.493 e. The van der Waals surface area contributed by atoms with Crippen molar-refractivity contribution < 1.29 is 38.0 Å². The third-order valence-corrected chi connectivity index (χ3v) is 6.06. The molecule has 0 aromatic heterocycles. The molecule has 0 radical (unpaired) electrons. The predicted molar refractivity (Wildman–Crippen MR) is 135 cm³/mol. The number of methoxy groups -OCH3 is 3. The van der Waals surface area contributed by atoms with Gasteiger partial charge in [0.1, 0.15) is 23.4 Å². The van der Waals surface area contributed by atoms with Crippen LogP contribution in [0, 0.1) is 0 Å². The third-order valence-electron chi connectivity index (χ3n) is 6.06. The molecule has 1 atom stereocenters. The van der Waals surface area contributed by atoms with E-state index in [0.29, 0.717) is 28.6 Å². The topological polar surface area (TPSA) is 89.5 Å². The van der Waals surface area contributed by atoms with E-state index in [1.165, 1.54) is 39.5 Å². The quantitative estimate of drug-likeness (QED) is 0.257. The summed E-state index contributed by atoms with van der Waals surface area (Å²) in [6, 6.07) is 15.3. The van der Waals surface area contributed by atoms with Crippen LogP contribution in [-0.4, -0.2) is 39.2 Å². The molecule has 2 aliphatic rings. The lowest BCUT2D eigenvalue weighted by atomic mass is 10.0. The first-order chi connectivity index (χ1) is 17.9. The van der Waals surface area contributed by atoms with Crippen LogP contribution in [0.1, 0.15) is 33.2 Å². The van der Waals surface area contributed by atoms with E-state index in [0.717, 1.165) is 16.9 Å². The highest BCUT2D eigenvalue weighted by Gasteiger charge is 2.30. The molecule has 5 rings (SSSR count). The van der Waals surface area contributed by atoms with Crippen LogP contribution >= 0.6 is 0 Å². The van der Waals surface area contributed by atoms with E-state index in [1.54, 1.807) is 18.2 Å². The number of carbonyl (C=O) groups excluding carboxylic acids is 2. The van der Waals surface area contributed by atoms with E-state index in [9.17, 15) is 9.59 Å². The number of hydrogen-bond donors (Lipinski definition) is 0. The van der Waals surface area contributed by atoms with Crippen molar-refractivity contribution in [3.63, 3.8) is 0 Å². The van der Waals surface area contributed by atoms with Crippen molar-refractivity contribution in [2.45, 2.75) is 13.0 Å². The highest BCUT2D eigenvalue weighted by molar-refractivity contribution is 6.12. The monoisotopic (exact) mass is 500 g/mol. The number of fused-ring (bicyclic) bond motifs is 2. The van der Waals surface area contributed by atoms with Gasteiger partial charge < -0.3 is 28.4 Å². The average molecular weight is 501 g/mol. The fourth-order valence-corrected chi connectivity index (χ4v) is 4.17. The number of carbonyl (C=O) groups is 2. The number of hydrogen-bond acceptors (Lipinski definition) is 8. The lowest BCUT2D eigenvalue weighted by Gasteiger charge is -2.22. The summed E-state index contributed by atoms with van der Waals surface area (Å²) in [4.78, 5) is 25.8. The SMILES string of the molecule is COc1cc(C(=O)Oc2ccc3c(c2)O/C(=C\C2=Cc4ccccc4O[C@H]2C)C3=O)cc(OC)c1OC. The van der Waals surface area contributed by atoms with E-state index >= 15 is 0 Å². The van der Waals surface area contributed by atoms with Gasteiger partial charge in [0.25, 0.3) is 0 Å². The van der Waals surface area contributed by atoms with E-state index in [1.807, 2.05) is 37.3 Å². The summed E-state index contributed by atoms with van der Waals surface area (Å²) in [5.41, 5.74) is 2.32. The van der Waals surface area contributed by atoms with E-state index in [4.69, 9.17) is 28.4 Å². The second-order valence-electron chi connectivity index (χ2n) is 8.34. The summed E-state index contributed by atoms with van der Waals surface area (Å²) in [6.07, 6.45) is 3.41. The maximum atomic E-state index is 13.0. The molecule has 0 saturated carbocycles. The molecule has 0 bridgehead atoms. The average Bonchev–Trinajstić information content (AvgIpc) is 3.22. The van der Waals surface area contributed by atoms with Gasteiger partial charge in [-0.05, 0) is 55.0 Å². The minimum atomic E-state index is -0.642. The minimum Gasteiger partial charge on any atom is -0.493 e. The van der Waals surface area contributed by atoms with E-state index in [-0.39, 0.29) is 29.0 Å². The number of rotatable bonds is 6. The Morgan fingerprint density at radius 2 is 1.65 bits per heavy atom. The zero-order valence-electron chi connectivity index (χ0n) is 20.7. The van der Waals surface area contributed by atoms with Gasteiger partial charge in [0.05, 0.1) is 32.5 Å². The molecule has 0 saturated heterocycles. The van der Waals surface area contributed by atoms with Crippen molar-refractivity contribution in [2.75, 3.05) is 21.3 Å². The summed E-state index contributed by atoms with van der Waals surface area (Å²) in [7, 11) is 4.40. The molecule has 3 aromatic carbocycles. The fourth-order valence-electron chi connectivity index (χ4n) is 4.17. The number of ketones is 1. The van der Waals surface area contributed by atoms with Crippen LogP contribution in [0.25, 0.3) is 6.08 Å². The highest BCUT2D eigenvalue weighted by Crippen LogP contribution is 2.39. The van der Waals surface area contributed by atoms with Crippen LogP contribution in [0.5, 0.6) is 34.5 Å². The number of benzene rings is 3. The van der Waals surface area contributed by atoms with E-state index < -0.39 is 5.97 Å². The fraction of sp³-hybridized carbons (Fsp3) is 0.172. The molecule has 3 aromatic rings. The normalized spacial score (nSPS) is 16.6. The van der Waals surface area contributed by atoms with Crippen molar-refractivity contribution in [1.82, 2.24) is 0 Å². The second-order valence-corrected chi connectivity index (χ2v) is 8.34. The minimum absolute atomic E-state index is 0.171. The first-order valence-electron chi connectivity index (χ1n) is 11.5. The molecule has 0 spiro atoms. The van der Waals surface area contributed by atoms with Crippen LogP contribution < -0.4 is 28.4 Å². The predicted octanol–water partition coefficient (Wildman–Crippen LogP) is 5.26. The van der Waals surface area contributed by atoms with Crippen molar-refractivity contribution in [3.05, 3.63) is 88.7 Å². The molecule has 188 valence electrons. The Hall–Kier alpha value is -4.72. The molecule has 8 heteroatoms. The van der Waals surface area contributed by atoms with Crippen molar-refractivity contribution in [3.8, 4) is 34.5 Å². The molecular weight excluding hydrogens is 476 g/mol. The molecule has 0 fully saturated rings. The summed E-state index contributed by atoms with van der Waals surface area (Å²) in [6.45, 7) is 1.91. The van der Waals surface area contributed by atoms with Gasteiger partial charge in [-0.3, -0.25) is 4.79 Å². The third kappa shape index (κ3) is 4.49. The number of ether oxygens (including phenoxy) is 6. The van der Waals surface area contributed by atoms with Gasteiger partial charge >= 0.3 is 5.97 Å². The Bertz CT molecular complexity index is 1440. The zero-order valence-corrected chi connectivity index (χ0v) is 20.7. The Morgan fingerprint density at radius 1 is 0.919 bits per heavy atom. The lowest BCUT2D eigenvalue weighted by Crippen LogP contribution is -2.18. The molecule has 37 heavy (non-hydrogen) atoms. The standard InChI is InChI=1S/C29H24O8/c1-16-18(11-17-7-5-6-8-22(17)35-16)12-24-27(30)21-10-9-20(15-23(21)37-24)36-29(31)19-13-25(32-2)28(34-4)26(14-19)33-3/h5-16H,1-4H3/b24-12-/t16-/m0/s1. The van der Waals surface area contributed by atoms with Crippen molar-refractivity contribution in [2.24, 2.45) is 0 Å². The summed E-state index contributed by atoms with van der Waals surface area (Å²) in [5.74, 6) is 1.59. The summed E-state index contributed by atoms with van der Waals surface area (Å²) < 4.78 is 33.3. The van der Waals surface area contributed by atoms with Crippen molar-refractivity contribution >= 4 is 17.8 Å². The first-order valence-corrected chi connectivity index (χ1v) is 11.5. The van der Waals surface area contributed by atoms with Gasteiger partial charge in [0.2, 0.25) is 11.5 Å². The van der Waals surface area contributed by atoms with Gasteiger partial charge in [-0.25, -0.2) is 4.79 Å². The number of Topliss-reactive ketones (excluding diaryl/α,β-unsaturated/α-hetero) is 1. The maximum absolute atomic E-state index is 13.0. The van der Waals surface area contributed by atoms with Gasteiger partial charge in [-0.1, -0.05) is 18.2 Å². The Labute approximate surface area is 213 Å². The Morgan fingerprint density at radius 3 is 2.35 bits per heavy atom. The number of allylic oxidation sites excluding steroid dienone is 1. The van der Waals surface area contributed by atoms with Crippen LogP contribution in [0.15, 0.2) is 72.0 Å². The zero-order chi connectivity index (χ0) is 26.1. The molecule has 0 N–H and O–H groups in total. The maximum Gasteiger partial charge on any atom is 0.343 e. The molecule has 0 unspecified atom stereocenters. The van der Waals surface area contributed by atoms with Crippen LogP contribution in [0.4, 0.5) is 0 Å². The molecule has 8 nitrogen and oxygen atoms in total. The van der Waals surface area contributed by atoms with Crippen LogP contribution in [0.3, 0.4) is 0 Å². The molecular formula is C29H24O8. The summed E-state index contributed by atoms with van der Waals surface area (Å²) >= 11 is 0. The number of para-hydroxylation sites is 1. The van der Waals surface area contributed by atoms with E-state index in [2.05, 4.69) is 0 Å². The van der Waals surface area contributed by atoms with Gasteiger partial charge in [-0.2, -0.15) is 0 Å². The van der Waals surface area contributed by atoms with Crippen LogP contribution in [0.2, 0.25) is 0 Å². The van der Waals surface area contributed by atoms with Gasteiger partial charge in [0, 0.05) is 11.6 Å². The van der Waals surface area contributed by atoms with Gasteiger partial charge in [-0.15, -0.1) is 0 Å². The number of esters is 1. The molecule has 2 aliphatic heterocycles.